The summed E-state index contributed by atoms with van der Waals surface area (Å²) >= 11 is 2.51. The van der Waals surface area contributed by atoms with Crippen molar-refractivity contribution in [3.63, 3.8) is 0 Å². The lowest BCUT2D eigenvalue weighted by Crippen LogP contribution is -1.80. The van der Waals surface area contributed by atoms with Crippen molar-refractivity contribution in [1.82, 2.24) is 0 Å². The van der Waals surface area contributed by atoms with Gasteiger partial charge in [0.1, 0.15) is 10.9 Å². The molecule has 0 saturated heterocycles. The molecule has 0 bridgehead atoms. The monoisotopic (exact) mass is 262 g/mol. The molecule has 0 aliphatic heterocycles. The Balaban J connectivity index is 2.14. The molecule has 2 aromatic heterocycles. The molecule has 0 unspecified atom stereocenters. The van der Waals surface area contributed by atoms with E-state index in [0.29, 0.717) is 4.88 Å². The highest BCUT2D eigenvalue weighted by atomic mass is 32.1. The minimum absolute atomic E-state index is 0.133. The molecule has 2 rings (SSSR count). The Hall–Kier alpha value is -1.97. The summed E-state index contributed by atoms with van der Waals surface area (Å²) in [5.41, 5.74) is 0. The lowest BCUT2D eigenvalue weighted by molar-refractivity contribution is -0.380. The van der Waals surface area contributed by atoms with Gasteiger partial charge in [-0.1, -0.05) is 11.3 Å². The topological polar surface area (TPSA) is 66.9 Å². The van der Waals surface area contributed by atoms with Crippen molar-refractivity contribution < 1.29 is 4.92 Å². The van der Waals surface area contributed by atoms with Crippen LogP contribution in [0.2, 0.25) is 0 Å². The molecule has 0 saturated carbocycles. The number of rotatable bonds is 3. The average molecular weight is 262 g/mol. The van der Waals surface area contributed by atoms with Crippen LogP contribution in [0.15, 0.2) is 24.3 Å². The molecule has 0 radical (unpaired) electrons. The van der Waals surface area contributed by atoms with Gasteiger partial charge in [0.25, 0.3) is 0 Å². The lowest BCUT2D eigenvalue weighted by atomic mass is 10.3. The van der Waals surface area contributed by atoms with Crippen molar-refractivity contribution in [3.8, 4) is 6.07 Å². The zero-order chi connectivity index (χ0) is 12.3. The van der Waals surface area contributed by atoms with Gasteiger partial charge in [0.2, 0.25) is 0 Å². The van der Waals surface area contributed by atoms with Gasteiger partial charge in [0, 0.05) is 15.8 Å². The van der Waals surface area contributed by atoms with Crippen molar-refractivity contribution in [3.05, 3.63) is 49.0 Å². The number of nitrogens with zero attached hydrogens (tertiary/aromatic N) is 2. The molecule has 17 heavy (non-hydrogen) atoms. The number of hydrogen-bond acceptors (Lipinski definition) is 5. The molecule has 0 amide bonds. The van der Waals surface area contributed by atoms with E-state index in [0.717, 1.165) is 21.1 Å². The van der Waals surface area contributed by atoms with Crippen LogP contribution in [0.4, 0.5) is 5.00 Å². The van der Waals surface area contributed by atoms with E-state index in [-0.39, 0.29) is 5.00 Å². The zero-order valence-electron chi connectivity index (χ0n) is 8.49. The molecule has 0 N–H and O–H groups in total. The molecule has 2 aromatic rings. The van der Waals surface area contributed by atoms with E-state index in [1.807, 2.05) is 18.2 Å². The van der Waals surface area contributed by atoms with Crippen molar-refractivity contribution in [1.29, 1.82) is 5.26 Å². The zero-order valence-corrected chi connectivity index (χ0v) is 10.1. The fourth-order valence-corrected chi connectivity index (χ4v) is 2.63. The maximum Gasteiger partial charge on any atom is 0.324 e. The molecule has 0 aliphatic rings. The molecular weight excluding hydrogens is 256 g/mol. The third-order valence-corrected chi connectivity index (χ3v) is 3.90. The Morgan fingerprint density at radius 1 is 1.18 bits per heavy atom. The van der Waals surface area contributed by atoms with Gasteiger partial charge < -0.3 is 0 Å². The predicted molar refractivity (Wildman–Crippen MR) is 68.9 cm³/mol. The Morgan fingerprint density at radius 3 is 2.35 bits per heavy atom. The normalized spacial score (nSPS) is 10.5. The first-order valence-electron chi connectivity index (χ1n) is 4.61. The Morgan fingerprint density at radius 2 is 1.82 bits per heavy atom. The SMILES string of the molecule is N#Cc1ccc(/C=C/c2ccc([N+](=O)[O-])s2)s1. The van der Waals surface area contributed by atoms with Crippen molar-refractivity contribution in [2.75, 3.05) is 0 Å². The van der Waals surface area contributed by atoms with Gasteiger partial charge in [-0.05, 0) is 30.4 Å². The second-order valence-corrected chi connectivity index (χ2v) is 5.29. The van der Waals surface area contributed by atoms with E-state index in [4.69, 9.17) is 5.26 Å². The lowest BCUT2D eigenvalue weighted by Gasteiger charge is -1.83. The summed E-state index contributed by atoms with van der Waals surface area (Å²) in [6.45, 7) is 0. The van der Waals surface area contributed by atoms with Gasteiger partial charge in [-0.25, -0.2) is 0 Å². The van der Waals surface area contributed by atoms with E-state index in [1.54, 1.807) is 12.1 Å². The fourth-order valence-electron chi connectivity index (χ4n) is 1.20. The molecular formula is C11H6N2O2S2. The van der Waals surface area contributed by atoms with E-state index in [2.05, 4.69) is 6.07 Å². The largest absolute Gasteiger partial charge is 0.324 e. The highest BCUT2D eigenvalue weighted by molar-refractivity contribution is 7.16. The van der Waals surface area contributed by atoms with Crippen LogP contribution in [0.3, 0.4) is 0 Å². The fraction of sp³-hybridized carbons (Fsp3) is 0. The quantitative estimate of drug-likeness (QED) is 0.624. The van der Waals surface area contributed by atoms with Crippen LogP contribution >= 0.6 is 22.7 Å². The molecule has 4 nitrogen and oxygen atoms in total. The van der Waals surface area contributed by atoms with Crippen molar-refractivity contribution in [2.24, 2.45) is 0 Å². The summed E-state index contributed by atoms with van der Waals surface area (Å²) in [6, 6.07) is 8.85. The number of thiophene rings is 2. The summed E-state index contributed by atoms with van der Waals surface area (Å²) in [5, 5.41) is 19.3. The first kappa shape index (κ1) is 11.5. The maximum atomic E-state index is 10.5. The molecule has 0 aromatic carbocycles. The van der Waals surface area contributed by atoms with Crippen molar-refractivity contribution >= 4 is 39.8 Å². The third kappa shape index (κ3) is 2.78. The van der Waals surface area contributed by atoms with E-state index in [1.165, 1.54) is 17.4 Å². The van der Waals surface area contributed by atoms with Crippen LogP contribution in [-0.4, -0.2) is 4.92 Å². The minimum atomic E-state index is -0.402. The second-order valence-electron chi connectivity index (χ2n) is 3.08. The molecule has 2 heterocycles. The van der Waals surface area contributed by atoms with E-state index in [9.17, 15) is 10.1 Å². The van der Waals surface area contributed by atoms with Crippen LogP contribution in [0.1, 0.15) is 14.6 Å². The minimum Gasteiger partial charge on any atom is -0.258 e. The molecule has 84 valence electrons. The van der Waals surface area contributed by atoms with Gasteiger partial charge >= 0.3 is 5.00 Å². The predicted octanol–water partition coefficient (Wildman–Crippen LogP) is 3.76. The van der Waals surface area contributed by atoms with Gasteiger partial charge in [-0.3, -0.25) is 10.1 Å². The van der Waals surface area contributed by atoms with E-state index >= 15 is 0 Å². The standard InChI is InChI=1S/C11H6N2O2S2/c12-7-10-4-3-8(16-10)1-2-9-5-6-11(17-9)13(14)15/h1-6H/b2-1+. The van der Waals surface area contributed by atoms with E-state index < -0.39 is 4.92 Å². The average Bonchev–Trinajstić information content (AvgIpc) is 2.95. The van der Waals surface area contributed by atoms with Gasteiger partial charge in [0.05, 0.1) is 4.92 Å². The Kier molecular flexibility index (Phi) is 3.32. The van der Waals surface area contributed by atoms with Crippen LogP contribution in [-0.2, 0) is 0 Å². The Labute approximate surface area is 105 Å². The highest BCUT2D eigenvalue weighted by Crippen LogP contribution is 2.26. The molecule has 0 atom stereocenters. The first-order chi connectivity index (χ1) is 8.19. The summed E-state index contributed by atoms with van der Waals surface area (Å²) in [6.07, 6.45) is 3.66. The van der Waals surface area contributed by atoms with Gasteiger partial charge in [-0.2, -0.15) is 5.26 Å². The molecule has 6 heteroatoms. The first-order valence-corrected chi connectivity index (χ1v) is 6.24. The Bertz CT molecular complexity index is 619. The number of hydrogen-bond donors (Lipinski definition) is 0. The van der Waals surface area contributed by atoms with Crippen LogP contribution in [0.25, 0.3) is 12.2 Å². The maximum absolute atomic E-state index is 10.5. The van der Waals surface area contributed by atoms with Crippen LogP contribution in [0.5, 0.6) is 0 Å². The molecule has 0 spiro atoms. The summed E-state index contributed by atoms with van der Waals surface area (Å²) in [4.78, 5) is 12.5. The number of nitro groups is 1. The second kappa shape index (κ2) is 4.91. The van der Waals surface area contributed by atoms with Crippen LogP contribution < -0.4 is 0 Å². The number of nitriles is 1. The van der Waals surface area contributed by atoms with Crippen LogP contribution in [0, 0.1) is 21.4 Å². The smallest absolute Gasteiger partial charge is 0.258 e. The van der Waals surface area contributed by atoms with Gasteiger partial charge in [0.15, 0.2) is 0 Å². The summed E-state index contributed by atoms with van der Waals surface area (Å²) < 4.78 is 0. The highest BCUT2D eigenvalue weighted by Gasteiger charge is 2.07. The molecule has 0 aliphatic carbocycles. The summed E-state index contributed by atoms with van der Waals surface area (Å²) in [7, 11) is 0. The van der Waals surface area contributed by atoms with Crippen molar-refractivity contribution in [2.45, 2.75) is 0 Å². The third-order valence-electron chi connectivity index (χ3n) is 1.94. The molecule has 0 fully saturated rings. The summed E-state index contributed by atoms with van der Waals surface area (Å²) in [5.74, 6) is 0. The van der Waals surface area contributed by atoms with Gasteiger partial charge in [-0.15, -0.1) is 11.3 Å².